The van der Waals surface area contributed by atoms with E-state index in [0.717, 1.165) is 24.4 Å². The largest absolute Gasteiger partial charge is 0.468 e. The summed E-state index contributed by atoms with van der Waals surface area (Å²) in [4.78, 5) is 6.23. The topological polar surface area (TPSA) is 67.3 Å². The number of furan rings is 1. The summed E-state index contributed by atoms with van der Waals surface area (Å²) in [6.07, 6.45) is 3.43. The molecule has 0 bridgehead atoms. The maximum absolute atomic E-state index is 5.32. The van der Waals surface area contributed by atoms with E-state index in [9.17, 15) is 0 Å². The molecule has 3 N–H and O–H groups in total. The third kappa shape index (κ3) is 3.30. The molecule has 0 aliphatic heterocycles. The van der Waals surface area contributed by atoms with Crippen molar-refractivity contribution < 1.29 is 4.42 Å². The van der Waals surface area contributed by atoms with E-state index in [1.807, 2.05) is 31.3 Å². The molecule has 0 saturated heterocycles. The van der Waals surface area contributed by atoms with Gasteiger partial charge in [0.2, 0.25) is 0 Å². The van der Waals surface area contributed by atoms with Gasteiger partial charge in [-0.05, 0) is 36.9 Å². The number of nitrogen functional groups attached to an aromatic ring is 1. The Morgan fingerprint density at radius 3 is 3.00 bits per heavy atom. The highest BCUT2D eigenvalue weighted by Crippen LogP contribution is 2.10. The van der Waals surface area contributed by atoms with Crippen LogP contribution in [0.3, 0.4) is 0 Å². The highest BCUT2D eigenvalue weighted by Gasteiger charge is 2.04. The molecule has 17 heavy (non-hydrogen) atoms. The minimum atomic E-state index is 0.675. The van der Waals surface area contributed by atoms with Gasteiger partial charge in [-0.15, -0.1) is 0 Å². The average Bonchev–Trinajstić information content (AvgIpc) is 2.82. The smallest absolute Gasteiger partial charge is 0.140 e. The van der Waals surface area contributed by atoms with Gasteiger partial charge < -0.3 is 9.84 Å². The van der Waals surface area contributed by atoms with Crippen LogP contribution in [-0.4, -0.2) is 16.9 Å². The van der Waals surface area contributed by atoms with Crippen LogP contribution in [0.2, 0.25) is 0 Å². The molecule has 0 unspecified atom stereocenters. The van der Waals surface area contributed by atoms with E-state index in [2.05, 4.69) is 15.3 Å². The van der Waals surface area contributed by atoms with Crippen molar-refractivity contribution in [1.29, 1.82) is 0 Å². The van der Waals surface area contributed by atoms with Gasteiger partial charge in [0.25, 0.3) is 0 Å². The van der Waals surface area contributed by atoms with Crippen LogP contribution < -0.4 is 11.3 Å². The average molecular weight is 232 g/mol. The Kier molecular flexibility index (Phi) is 3.74. The van der Waals surface area contributed by atoms with E-state index in [-0.39, 0.29) is 0 Å². The Balaban J connectivity index is 1.95. The summed E-state index contributed by atoms with van der Waals surface area (Å²) >= 11 is 0. The van der Waals surface area contributed by atoms with Crippen molar-refractivity contribution in [2.75, 3.05) is 12.5 Å². The van der Waals surface area contributed by atoms with Gasteiger partial charge in [-0.1, -0.05) is 0 Å². The van der Waals surface area contributed by atoms with Gasteiger partial charge in [0, 0.05) is 12.7 Å². The number of pyridine rings is 1. The first-order valence-corrected chi connectivity index (χ1v) is 5.40. The first kappa shape index (κ1) is 11.6. The molecule has 0 saturated carbocycles. The molecule has 0 amide bonds. The molecule has 0 fully saturated rings. The Morgan fingerprint density at radius 1 is 1.41 bits per heavy atom. The Hall–Kier alpha value is -1.85. The summed E-state index contributed by atoms with van der Waals surface area (Å²) in [7, 11) is 2.04. The molecular formula is C12H16N4O. The van der Waals surface area contributed by atoms with Crippen molar-refractivity contribution in [3.05, 3.63) is 48.0 Å². The number of nitrogens with one attached hydrogen (secondary N) is 1. The second-order valence-electron chi connectivity index (χ2n) is 3.95. The first-order valence-electron chi connectivity index (χ1n) is 5.40. The predicted molar refractivity (Wildman–Crippen MR) is 65.9 cm³/mol. The highest BCUT2D eigenvalue weighted by molar-refractivity contribution is 5.35. The molecule has 0 aliphatic carbocycles. The van der Waals surface area contributed by atoms with Gasteiger partial charge in [-0.25, -0.2) is 10.8 Å². The molecule has 2 rings (SSSR count). The summed E-state index contributed by atoms with van der Waals surface area (Å²) in [5, 5.41) is 0. The first-order chi connectivity index (χ1) is 8.28. The van der Waals surface area contributed by atoms with Gasteiger partial charge >= 0.3 is 0 Å². The number of aromatic nitrogens is 1. The van der Waals surface area contributed by atoms with Crippen molar-refractivity contribution in [1.82, 2.24) is 9.88 Å². The number of hydrogen-bond acceptors (Lipinski definition) is 5. The number of nitrogens with two attached hydrogens (primary N) is 1. The third-order valence-corrected chi connectivity index (χ3v) is 2.43. The molecule has 0 radical (unpaired) electrons. The van der Waals surface area contributed by atoms with Crippen molar-refractivity contribution >= 4 is 5.82 Å². The molecular weight excluding hydrogens is 216 g/mol. The fourth-order valence-corrected chi connectivity index (χ4v) is 1.69. The van der Waals surface area contributed by atoms with Gasteiger partial charge in [-0.3, -0.25) is 4.90 Å². The number of anilines is 1. The van der Waals surface area contributed by atoms with Crippen LogP contribution in [0.1, 0.15) is 11.3 Å². The zero-order valence-corrected chi connectivity index (χ0v) is 9.76. The maximum Gasteiger partial charge on any atom is 0.140 e. The Bertz CT molecular complexity index is 455. The van der Waals surface area contributed by atoms with Crippen LogP contribution in [0.15, 0.2) is 41.1 Å². The Morgan fingerprint density at radius 2 is 2.29 bits per heavy atom. The lowest BCUT2D eigenvalue weighted by Crippen LogP contribution is -2.17. The molecule has 0 atom stereocenters. The minimum absolute atomic E-state index is 0.675. The van der Waals surface area contributed by atoms with Gasteiger partial charge in [-0.2, -0.15) is 0 Å². The molecule has 0 aliphatic rings. The van der Waals surface area contributed by atoms with Crippen molar-refractivity contribution in [2.24, 2.45) is 5.84 Å². The second kappa shape index (κ2) is 5.47. The molecule has 2 heterocycles. The number of nitrogens with zero attached hydrogens (tertiary/aromatic N) is 2. The van der Waals surface area contributed by atoms with Gasteiger partial charge in [0.15, 0.2) is 0 Å². The molecule has 5 heteroatoms. The Labute approximate surface area is 100 Å². The standard InChI is InChI=1S/C12H16N4O/c1-16(9-11-3-2-6-17-11)8-10-4-5-14-12(7-10)15-13/h2-7H,8-9,13H2,1H3,(H,14,15). The lowest BCUT2D eigenvalue weighted by atomic mass is 10.2. The van der Waals surface area contributed by atoms with E-state index in [1.165, 1.54) is 0 Å². The van der Waals surface area contributed by atoms with Crippen molar-refractivity contribution in [3.8, 4) is 0 Å². The van der Waals surface area contributed by atoms with Gasteiger partial charge in [0.1, 0.15) is 11.6 Å². The zero-order valence-electron chi connectivity index (χ0n) is 9.76. The monoisotopic (exact) mass is 232 g/mol. The maximum atomic E-state index is 5.32. The SMILES string of the molecule is CN(Cc1ccnc(NN)c1)Cc1ccco1. The minimum Gasteiger partial charge on any atom is -0.468 e. The molecule has 0 aromatic carbocycles. The van der Waals surface area contributed by atoms with Crippen molar-refractivity contribution in [3.63, 3.8) is 0 Å². The predicted octanol–water partition coefficient (Wildman–Crippen LogP) is 1.59. The number of hydrogen-bond donors (Lipinski definition) is 2. The van der Waals surface area contributed by atoms with Crippen LogP contribution in [0, 0.1) is 0 Å². The summed E-state index contributed by atoms with van der Waals surface area (Å²) in [5.74, 6) is 6.95. The van der Waals surface area contributed by atoms with Gasteiger partial charge in [0.05, 0.1) is 12.8 Å². The van der Waals surface area contributed by atoms with Crippen LogP contribution in [-0.2, 0) is 13.1 Å². The third-order valence-electron chi connectivity index (χ3n) is 2.43. The summed E-state index contributed by atoms with van der Waals surface area (Å²) in [5.41, 5.74) is 3.69. The summed E-state index contributed by atoms with van der Waals surface area (Å²) < 4.78 is 5.30. The molecule has 90 valence electrons. The second-order valence-corrected chi connectivity index (χ2v) is 3.95. The molecule has 5 nitrogen and oxygen atoms in total. The quantitative estimate of drug-likeness (QED) is 0.605. The van der Waals surface area contributed by atoms with E-state index in [1.54, 1.807) is 12.5 Å². The molecule has 0 spiro atoms. The number of hydrazine groups is 1. The summed E-state index contributed by atoms with van der Waals surface area (Å²) in [6.45, 7) is 1.60. The van der Waals surface area contributed by atoms with Crippen LogP contribution in [0.5, 0.6) is 0 Å². The van der Waals surface area contributed by atoms with Crippen LogP contribution in [0.25, 0.3) is 0 Å². The zero-order chi connectivity index (χ0) is 12.1. The van der Waals surface area contributed by atoms with Crippen LogP contribution in [0.4, 0.5) is 5.82 Å². The van der Waals surface area contributed by atoms with Crippen LogP contribution >= 0.6 is 0 Å². The lowest BCUT2D eigenvalue weighted by molar-refractivity contribution is 0.288. The van der Waals surface area contributed by atoms with Crippen molar-refractivity contribution in [2.45, 2.75) is 13.1 Å². The van der Waals surface area contributed by atoms with E-state index in [4.69, 9.17) is 10.3 Å². The van der Waals surface area contributed by atoms with E-state index < -0.39 is 0 Å². The van der Waals surface area contributed by atoms with E-state index >= 15 is 0 Å². The normalized spacial score (nSPS) is 10.8. The summed E-state index contributed by atoms with van der Waals surface area (Å²) in [6, 6.07) is 7.76. The fourth-order valence-electron chi connectivity index (χ4n) is 1.69. The molecule has 2 aromatic heterocycles. The number of rotatable bonds is 5. The fraction of sp³-hybridized carbons (Fsp3) is 0.250. The molecule has 2 aromatic rings. The highest BCUT2D eigenvalue weighted by atomic mass is 16.3. The van der Waals surface area contributed by atoms with E-state index in [0.29, 0.717) is 5.82 Å². The lowest BCUT2D eigenvalue weighted by Gasteiger charge is -2.15.